The molecule has 0 bridgehead atoms. The first-order valence-corrected chi connectivity index (χ1v) is 8.64. The molecule has 2 aromatic rings. The zero-order valence-electron chi connectivity index (χ0n) is 13.1. The SMILES string of the molecule is COc1cccc(C2Nc3c(Cl)ccc(Cl)c3C3C=CCC32)c1O. The van der Waals surface area contributed by atoms with Crippen molar-refractivity contribution in [2.45, 2.75) is 18.4 Å². The van der Waals surface area contributed by atoms with Gasteiger partial charge in [-0.3, -0.25) is 0 Å². The number of phenolic OH excluding ortho intramolecular Hbond substituents is 1. The van der Waals surface area contributed by atoms with Crippen LogP contribution in [0.2, 0.25) is 10.0 Å². The normalized spacial score (nSPS) is 24.2. The Morgan fingerprint density at radius 3 is 2.75 bits per heavy atom. The summed E-state index contributed by atoms with van der Waals surface area (Å²) in [7, 11) is 1.55. The van der Waals surface area contributed by atoms with Crippen molar-refractivity contribution in [1.82, 2.24) is 0 Å². The minimum absolute atomic E-state index is 0.0661. The maximum absolute atomic E-state index is 10.6. The van der Waals surface area contributed by atoms with E-state index in [2.05, 4.69) is 17.5 Å². The van der Waals surface area contributed by atoms with Gasteiger partial charge in [-0.2, -0.15) is 0 Å². The number of benzene rings is 2. The molecule has 1 aliphatic heterocycles. The highest BCUT2D eigenvalue weighted by Gasteiger charge is 2.41. The van der Waals surface area contributed by atoms with Crippen LogP contribution in [0.25, 0.3) is 0 Å². The first-order chi connectivity index (χ1) is 11.6. The molecule has 3 nitrogen and oxygen atoms in total. The number of allylic oxidation sites excluding steroid dienone is 2. The number of nitrogens with one attached hydrogen (secondary N) is 1. The largest absolute Gasteiger partial charge is 0.504 e. The molecule has 124 valence electrons. The van der Waals surface area contributed by atoms with E-state index in [1.807, 2.05) is 18.2 Å². The van der Waals surface area contributed by atoms with Crippen LogP contribution in [0.5, 0.6) is 11.5 Å². The van der Waals surface area contributed by atoms with Gasteiger partial charge in [0.2, 0.25) is 0 Å². The quantitative estimate of drug-likeness (QED) is 0.690. The van der Waals surface area contributed by atoms with Gasteiger partial charge >= 0.3 is 0 Å². The molecular weight excluding hydrogens is 345 g/mol. The Morgan fingerprint density at radius 2 is 1.96 bits per heavy atom. The number of ether oxygens (including phenoxy) is 1. The Hall–Kier alpha value is -1.84. The van der Waals surface area contributed by atoms with Crippen molar-refractivity contribution in [3.63, 3.8) is 0 Å². The van der Waals surface area contributed by atoms with Gasteiger partial charge in [0.05, 0.1) is 23.9 Å². The standard InChI is InChI=1S/C19H17Cl2NO2/c1-24-15-7-3-6-12(19(15)23)17-11-5-2-4-10(11)16-13(20)8-9-14(21)18(16)22-17/h2-4,6-11,17,22-23H,5H2,1H3. The molecular formula is C19H17Cl2NO2. The van der Waals surface area contributed by atoms with E-state index in [0.29, 0.717) is 10.8 Å². The number of aromatic hydroxyl groups is 1. The number of anilines is 1. The van der Waals surface area contributed by atoms with Crippen molar-refractivity contribution >= 4 is 28.9 Å². The highest BCUT2D eigenvalue weighted by Crippen LogP contribution is 2.55. The van der Waals surface area contributed by atoms with E-state index in [0.717, 1.165) is 28.3 Å². The fourth-order valence-electron chi connectivity index (χ4n) is 3.89. The maximum Gasteiger partial charge on any atom is 0.163 e. The second-order valence-electron chi connectivity index (χ2n) is 6.19. The topological polar surface area (TPSA) is 41.5 Å². The van der Waals surface area contributed by atoms with Crippen LogP contribution in [0.15, 0.2) is 42.5 Å². The molecule has 2 aromatic carbocycles. The van der Waals surface area contributed by atoms with E-state index in [4.69, 9.17) is 27.9 Å². The minimum atomic E-state index is -0.0661. The van der Waals surface area contributed by atoms with Crippen LogP contribution in [0.3, 0.4) is 0 Å². The van der Waals surface area contributed by atoms with Crippen molar-refractivity contribution in [2.75, 3.05) is 12.4 Å². The molecule has 0 radical (unpaired) electrons. The Bertz CT molecular complexity index is 834. The Kier molecular flexibility index (Phi) is 3.86. The molecule has 1 heterocycles. The summed E-state index contributed by atoms with van der Waals surface area (Å²) in [5, 5.41) is 15.5. The number of rotatable bonds is 2. The van der Waals surface area contributed by atoms with Crippen LogP contribution in [0.1, 0.15) is 29.5 Å². The third kappa shape index (κ3) is 2.27. The number of fused-ring (bicyclic) bond motifs is 3. The molecule has 1 aliphatic carbocycles. The van der Waals surface area contributed by atoms with Crippen LogP contribution < -0.4 is 10.1 Å². The van der Waals surface area contributed by atoms with E-state index < -0.39 is 0 Å². The number of methoxy groups -OCH3 is 1. The van der Waals surface area contributed by atoms with Crippen LogP contribution in [0, 0.1) is 5.92 Å². The first-order valence-electron chi connectivity index (χ1n) is 7.88. The Labute approximate surface area is 150 Å². The van der Waals surface area contributed by atoms with E-state index in [9.17, 15) is 5.11 Å². The summed E-state index contributed by atoms with van der Waals surface area (Å²) in [4.78, 5) is 0. The molecule has 0 saturated carbocycles. The highest BCUT2D eigenvalue weighted by atomic mass is 35.5. The fourth-order valence-corrected chi connectivity index (χ4v) is 4.39. The zero-order valence-corrected chi connectivity index (χ0v) is 14.6. The van der Waals surface area contributed by atoms with E-state index in [-0.39, 0.29) is 23.6 Å². The molecule has 2 N–H and O–H groups in total. The summed E-state index contributed by atoms with van der Waals surface area (Å²) in [6, 6.07) is 9.15. The van der Waals surface area contributed by atoms with Crippen LogP contribution in [-0.4, -0.2) is 12.2 Å². The fraction of sp³-hybridized carbons (Fsp3) is 0.263. The lowest BCUT2D eigenvalue weighted by Gasteiger charge is -2.38. The van der Waals surface area contributed by atoms with Gasteiger partial charge in [-0.05, 0) is 30.5 Å². The molecule has 3 unspecified atom stereocenters. The molecule has 0 spiro atoms. The molecule has 0 amide bonds. The number of phenols is 1. The van der Waals surface area contributed by atoms with Gasteiger partial charge in [0, 0.05) is 22.1 Å². The summed E-state index contributed by atoms with van der Waals surface area (Å²) < 4.78 is 5.26. The molecule has 0 aromatic heterocycles. The van der Waals surface area contributed by atoms with Gasteiger partial charge in [0.15, 0.2) is 11.5 Å². The second kappa shape index (κ2) is 5.91. The minimum Gasteiger partial charge on any atom is -0.504 e. The van der Waals surface area contributed by atoms with Crippen molar-refractivity contribution in [1.29, 1.82) is 0 Å². The van der Waals surface area contributed by atoms with Crippen molar-refractivity contribution in [3.05, 3.63) is 63.7 Å². The van der Waals surface area contributed by atoms with E-state index >= 15 is 0 Å². The summed E-state index contributed by atoms with van der Waals surface area (Å²) in [6.07, 6.45) is 5.28. The number of hydrogen-bond donors (Lipinski definition) is 2. The molecule has 5 heteroatoms. The number of hydrogen-bond acceptors (Lipinski definition) is 3. The zero-order chi connectivity index (χ0) is 16.8. The second-order valence-corrected chi connectivity index (χ2v) is 7.01. The average Bonchev–Trinajstić information content (AvgIpc) is 3.07. The van der Waals surface area contributed by atoms with Crippen molar-refractivity contribution in [3.8, 4) is 11.5 Å². The monoisotopic (exact) mass is 361 g/mol. The van der Waals surface area contributed by atoms with Gasteiger partial charge in [-0.25, -0.2) is 0 Å². The summed E-state index contributed by atoms with van der Waals surface area (Å²) in [5.74, 6) is 1.10. The first kappa shape index (κ1) is 15.7. The molecule has 24 heavy (non-hydrogen) atoms. The van der Waals surface area contributed by atoms with Crippen LogP contribution in [-0.2, 0) is 0 Å². The average molecular weight is 362 g/mol. The predicted octanol–water partition coefficient (Wildman–Crippen LogP) is 5.53. The summed E-state index contributed by atoms with van der Waals surface area (Å²) in [6.45, 7) is 0. The molecule has 0 fully saturated rings. The molecule has 4 rings (SSSR count). The van der Waals surface area contributed by atoms with Gasteiger partial charge in [0.25, 0.3) is 0 Å². The van der Waals surface area contributed by atoms with Gasteiger partial charge in [-0.1, -0.05) is 47.5 Å². The lowest BCUT2D eigenvalue weighted by atomic mass is 9.76. The third-order valence-electron chi connectivity index (χ3n) is 5.00. The lowest BCUT2D eigenvalue weighted by Crippen LogP contribution is -2.29. The maximum atomic E-state index is 10.6. The van der Waals surface area contributed by atoms with Crippen molar-refractivity contribution in [2.24, 2.45) is 5.92 Å². The Morgan fingerprint density at radius 1 is 1.17 bits per heavy atom. The van der Waals surface area contributed by atoms with E-state index in [1.165, 1.54) is 0 Å². The number of para-hydroxylation sites is 1. The molecule has 2 aliphatic rings. The smallest absolute Gasteiger partial charge is 0.163 e. The van der Waals surface area contributed by atoms with Crippen molar-refractivity contribution < 1.29 is 9.84 Å². The van der Waals surface area contributed by atoms with Crippen LogP contribution in [0.4, 0.5) is 5.69 Å². The van der Waals surface area contributed by atoms with Gasteiger partial charge in [0.1, 0.15) is 0 Å². The predicted molar refractivity (Wildman–Crippen MR) is 97.5 cm³/mol. The lowest BCUT2D eigenvalue weighted by molar-refractivity contribution is 0.358. The third-order valence-corrected chi connectivity index (χ3v) is 5.65. The number of halogens is 2. The molecule has 3 atom stereocenters. The summed E-state index contributed by atoms with van der Waals surface area (Å²) >= 11 is 12.9. The van der Waals surface area contributed by atoms with Crippen LogP contribution >= 0.6 is 23.2 Å². The Balaban J connectivity index is 1.86. The summed E-state index contributed by atoms with van der Waals surface area (Å²) in [5.41, 5.74) is 2.71. The van der Waals surface area contributed by atoms with Gasteiger partial charge in [-0.15, -0.1) is 0 Å². The van der Waals surface area contributed by atoms with Gasteiger partial charge < -0.3 is 15.2 Å². The molecule has 0 saturated heterocycles. The highest BCUT2D eigenvalue weighted by molar-refractivity contribution is 6.36. The van der Waals surface area contributed by atoms with E-state index in [1.54, 1.807) is 19.2 Å².